The van der Waals surface area contributed by atoms with Crippen LogP contribution in [0.25, 0.3) is 22.4 Å². The van der Waals surface area contributed by atoms with Gasteiger partial charge in [-0.2, -0.15) is 5.10 Å². The number of anilines is 1. The average Bonchev–Trinajstić information content (AvgIpc) is 3.25. The monoisotopic (exact) mass is 357 g/mol. The van der Waals surface area contributed by atoms with Crippen LogP contribution in [0.1, 0.15) is 18.5 Å². The highest BCUT2D eigenvalue weighted by molar-refractivity contribution is 6.37. The van der Waals surface area contributed by atoms with Crippen LogP contribution in [0.2, 0.25) is 5.02 Å². The van der Waals surface area contributed by atoms with Gasteiger partial charge in [0.05, 0.1) is 28.3 Å². The molecule has 0 aliphatic rings. The average molecular weight is 358 g/mol. The summed E-state index contributed by atoms with van der Waals surface area (Å²) in [7, 11) is 0. The van der Waals surface area contributed by atoms with Gasteiger partial charge in [-0.25, -0.2) is 4.39 Å². The highest BCUT2D eigenvalue weighted by Gasteiger charge is 2.16. The van der Waals surface area contributed by atoms with E-state index in [0.29, 0.717) is 16.5 Å². The summed E-state index contributed by atoms with van der Waals surface area (Å²) in [5, 5.41) is 19.2. The van der Waals surface area contributed by atoms with E-state index in [1.807, 2.05) is 19.1 Å². The van der Waals surface area contributed by atoms with E-state index < -0.39 is 0 Å². The Hall–Kier alpha value is -2.93. The van der Waals surface area contributed by atoms with Gasteiger partial charge in [0.2, 0.25) is 0 Å². The van der Waals surface area contributed by atoms with Crippen molar-refractivity contribution in [2.45, 2.75) is 13.0 Å². The summed E-state index contributed by atoms with van der Waals surface area (Å²) in [6.45, 7) is 1.88. The largest absolute Gasteiger partial charge is 0.403 e. The van der Waals surface area contributed by atoms with Crippen LogP contribution in [0, 0.1) is 5.82 Å². The Bertz CT molecular complexity index is 1040. The van der Waals surface area contributed by atoms with E-state index in [2.05, 4.69) is 25.7 Å². The standard InChI is InChI=1S/C17H13ClFN5O/c1-9(10-3-2-4-11(19)7-10)21-17-24-23-16(25-17)12-5-6-14-13(15(12)18)8-20-22-14/h2-9H,1H3,(H,20,22)(H,21,24)/t9-/m1/s1. The van der Waals surface area contributed by atoms with Gasteiger partial charge in [-0.15, -0.1) is 5.10 Å². The van der Waals surface area contributed by atoms with Gasteiger partial charge in [-0.1, -0.05) is 28.8 Å². The maximum Gasteiger partial charge on any atom is 0.316 e. The molecule has 4 aromatic rings. The third-order valence-corrected chi connectivity index (χ3v) is 4.31. The second-order valence-electron chi connectivity index (χ2n) is 5.59. The van der Waals surface area contributed by atoms with Crippen LogP contribution in [-0.4, -0.2) is 20.4 Å². The molecular formula is C17H13ClFN5O. The highest BCUT2D eigenvalue weighted by atomic mass is 35.5. The Morgan fingerprint density at radius 1 is 1.24 bits per heavy atom. The molecule has 0 unspecified atom stereocenters. The van der Waals surface area contributed by atoms with Crippen LogP contribution in [0.3, 0.4) is 0 Å². The molecule has 0 saturated carbocycles. The molecule has 126 valence electrons. The van der Waals surface area contributed by atoms with Gasteiger partial charge in [0.15, 0.2) is 0 Å². The molecule has 0 aliphatic heterocycles. The van der Waals surface area contributed by atoms with Gasteiger partial charge < -0.3 is 9.73 Å². The van der Waals surface area contributed by atoms with Crippen LogP contribution in [0.4, 0.5) is 10.4 Å². The first-order chi connectivity index (χ1) is 12.1. The summed E-state index contributed by atoms with van der Waals surface area (Å²) in [5.41, 5.74) is 2.22. The zero-order valence-corrected chi connectivity index (χ0v) is 13.9. The molecule has 0 radical (unpaired) electrons. The zero-order valence-electron chi connectivity index (χ0n) is 13.1. The number of halogens is 2. The summed E-state index contributed by atoms with van der Waals surface area (Å²) in [5.74, 6) is -0.000364. The fourth-order valence-corrected chi connectivity index (χ4v) is 2.88. The summed E-state index contributed by atoms with van der Waals surface area (Å²) in [4.78, 5) is 0. The van der Waals surface area contributed by atoms with Gasteiger partial charge in [-0.3, -0.25) is 5.10 Å². The maximum atomic E-state index is 13.3. The lowest BCUT2D eigenvalue weighted by atomic mass is 10.1. The Balaban J connectivity index is 1.60. The lowest BCUT2D eigenvalue weighted by Crippen LogP contribution is -2.07. The van der Waals surface area contributed by atoms with E-state index in [4.69, 9.17) is 16.0 Å². The number of benzene rings is 2. The molecule has 2 N–H and O–H groups in total. The molecule has 0 amide bonds. The minimum atomic E-state index is -0.294. The molecule has 2 heterocycles. The first-order valence-corrected chi connectivity index (χ1v) is 7.97. The van der Waals surface area contributed by atoms with Gasteiger partial charge in [0.1, 0.15) is 5.82 Å². The number of hydrogen-bond donors (Lipinski definition) is 2. The predicted molar refractivity (Wildman–Crippen MR) is 92.8 cm³/mol. The van der Waals surface area contributed by atoms with Crippen LogP contribution >= 0.6 is 11.6 Å². The van der Waals surface area contributed by atoms with Crippen molar-refractivity contribution in [2.24, 2.45) is 0 Å². The van der Waals surface area contributed by atoms with Crippen molar-refractivity contribution in [3.8, 4) is 11.5 Å². The lowest BCUT2D eigenvalue weighted by Gasteiger charge is -2.11. The van der Waals surface area contributed by atoms with Gasteiger partial charge >= 0.3 is 6.01 Å². The number of aromatic nitrogens is 4. The van der Waals surface area contributed by atoms with Crippen LogP contribution in [0.15, 0.2) is 47.0 Å². The molecule has 8 heteroatoms. The van der Waals surface area contributed by atoms with E-state index in [0.717, 1.165) is 16.5 Å². The fraction of sp³-hybridized carbons (Fsp3) is 0.118. The summed E-state index contributed by atoms with van der Waals surface area (Å²) >= 11 is 6.40. The Morgan fingerprint density at radius 3 is 2.96 bits per heavy atom. The summed E-state index contributed by atoms with van der Waals surface area (Å²) in [6.07, 6.45) is 1.64. The second kappa shape index (κ2) is 6.18. The number of hydrogen-bond acceptors (Lipinski definition) is 5. The molecular weight excluding hydrogens is 345 g/mol. The Labute approximate surface area is 147 Å². The fourth-order valence-electron chi connectivity index (χ4n) is 2.58. The summed E-state index contributed by atoms with van der Waals surface area (Å²) in [6, 6.07) is 10.00. The van der Waals surface area contributed by atoms with Crippen LogP contribution in [-0.2, 0) is 0 Å². The number of rotatable bonds is 4. The van der Waals surface area contributed by atoms with E-state index in [1.54, 1.807) is 18.3 Å². The third kappa shape index (κ3) is 2.94. The zero-order chi connectivity index (χ0) is 17.4. The first kappa shape index (κ1) is 15.6. The van der Waals surface area contributed by atoms with Crippen molar-refractivity contribution in [1.82, 2.24) is 20.4 Å². The molecule has 25 heavy (non-hydrogen) atoms. The van der Waals surface area contributed by atoms with Crippen molar-refractivity contribution < 1.29 is 8.81 Å². The summed E-state index contributed by atoms with van der Waals surface area (Å²) < 4.78 is 19.0. The minimum Gasteiger partial charge on any atom is -0.403 e. The third-order valence-electron chi connectivity index (χ3n) is 3.90. The molecule has 0 aliphatic carbocycles. The Kier molecular flexibility index (Phi) is 3.85. The quantitative estimate of drug-likeness (QED) is 0.559. The molecule has 0 fully saturated rings. The first-order valence-electron chi connectivity index (χ1n) is 7.59. The SMILES string of the molecule is C[C@@H](Nc1nnc(-c2ccc3[nH]ncc3c2Cl)o1)c1cccc(F)c1. The minimum absolute atomic E-state index is 0.198. The van der Waals surface area contributed by atoms with E-state index in [1.165, 1.54) is 12.1 Å². The molecule has 2 aromatic heterocycles. The molecule has 2 aromatic carbocycles. The van der Waals surface area contributed by atoms with Crippen molar-refractivity contribution >= 4 is 28.5 Å². The second-order valence-corrected chi connectivity index (χ2v) is 5.97. The number of aromatic amines is 1. The topological polar surface area (TPSA) is 79.6 Å². The van der Waals surface area contributed by atoms with Gasteiger partial charge in [0, 0.05) is 5.39 Å². The normalized spacial score (nSPS) is 12.4. The molecule has 0 spiro atoms. The number of fused-ring (bicyclic) bond motifs is 1. The van der Waals surface area contributed by atoms with Crippen molar-refractivity contribution in [1.29, 1.82) is 0 Å². The Morgan fingerprint density at radius 2 is 2.12 bits per heavy atom. The van der Waals surface area contributed by atoms with E-state index in [-0.39, 0.29) is 17.9 Å². The van der Waals surface area contributed by atoms with E-state index in [9.17, 15) is 4.39 Å². The molecule has 4 rings (SSSR count). The maximum absolute atomic E-state index is 13.3. The van der Waals surface area contributed by atoms with E-state index >= 15 is 0 Å². The molecule has 6 nitrogen and oxygen atoms in total. The smallest absolute Gasteiger partial charge is 0.316 e. The highest BCUT2D eigenvalue weighted by Crippen LogP contribution is 2.33. The molecule has 1 atom stereocenters. The van der Waals surface area contributed by atoms with Crippen LogP contribution < -0.4 is 5.32 Å². The molecule has 0 saturated heterocycles. The van der Waals surface area contributed by atoms with Gasteiger partial charge in [-0.05, 0) is 36.8 Å². The van der Waals surface area contributed by atoms with Crippen molar-refractivity contribution in [3.63, 3.8) is 0 Å². The van der Waals surface area contributed by atoms with Crippen molar-refractivity contribution in [3.05, 3.63) is 59.0 Å². The number of H-pyrrole nitrogens is 1. The predicted octanol–water partition coefficient (Wildman–Crippen LogP) is 4.58. The molecule has 0 bridgehead atoms. The lowest BCUT2D eigenvalue weighted by molar-refractivity contribution is 0.572. The van der Waals surface area contributed by atoms with Gasteiger partial charge in [0.25, 0.3) is 5.89 Å². The number of nitrogens with one attached hydrogen (secondary N) is 2. The van der Waals surface area contributed by atoms with Crippen molar-refractivity contribution in [2.75, 3.05) is 5.32 Å². The number of nitrogens with zero attached hydrogens (tertiary/aromatic N) is 3. The van der Waals surface area contributed by atoms with Crippen LogP contribution in [0.5, 0.6) is 0 Å².